The van der Waals surface area contributed by atoms with Crippen LogP contribution >= 0.6 is 22.6 Å². The number of phenols is 1. The number of ether oxygens (including phenoxy) is 1. The molecule has 1 amide bonds. The molecule has 0 spiro atoms. The molecule has 2 fully saturated rings. The average Bonchev–Trinajstić information content (AvgIpc) is 2.91. The SMILES string of the molecule is CN(C)[C@@H]1C(=O)C(C(N)=O)=C(O)[C@@]2(O)C(=O)C3=C(O)c4c(O)ccc(I)c4[C@H](N)[C@H]3[C@H](OC(=O)C3CCCCC3)[C@@H]12. The molecule has 4 aliphatic carbocycles. The largest absolute Gasteiger partial charge is 0.508 e. The Morgan fingerprint density at radius 1 is 1.10 bits per heavy atom. The summed E-state index contributed by atoms with van der Waals surface area (Å²) in [4.78, 5) is 55.1. The van der Waals surface area contributed by atoms with Gasteiger partial charge in [-0.25, -0.2) is 0 Å². The summed E-state index contributed by atoms with van der Waals surface area (Å²) in [6, 6.07) is 0.276. The first-order valence-electron chi connectivity index (χ1n) is 13.4. The lowest BCUT2D eigenvalue weighted by Gasteiger charge is -2.54. The number of esters is 1. The van der Waals surface area contributed by atoms with Gasteiger partial charge < -0.3 is 36.6 Å². The van der Waals surface area contributed by atoms with Crippen molar-refractivity contribution >= 4 is 51.8 Å². The van der Waals surface area contributed by atoms with Gasteiger partial charge in [-0.15, -0.1) is 0 Å². The van der Waals surface area contributed by atoms with Gasteiger partial charge >= 0.3 is 5.97 Å². The Hall–Kier alpha value is -3.01. The highest BCUT2D eigenvalue weighted by atomic mass is 127. The second-order valence-electron chi connectivity index (χ2n) is 11.4. The number of amides is 1. The molecule has 0 radical (unpaired) electrons. The number of carbonyl (C=O) groups is 4. The number of fused-ring (bicyclic) bond motifs is 3. The van der Waals surface area contributed by atoms with Crippen molar-refractivity contribution in [3.05, 3.63) is 43.7 Å². The molecule has 12 nitrogen and oxygen atoms in total. The van der Waals surface area contributed by atoms with E-state index >= 15 is 0 Å². The third-order valence-corrected chi connectivity index (χ3v) is 9.88. The number of primary amides is 1. The number of aromatic hydroxyl groups is 1. The summed E-state index contributed by atoms with van der Waals surface area (Å²) in [6.45, 7) is 0. The number of nitrogens with two attached hydrogens (primary N) is 2. The van der Waals surface area contributed by atoms with Crippen molar-refractivity contribution < 1.29 is 44.3 Å². The number of ketones is 2. The molecule has 0 unspecified atom stereocenters. The van der Waals surface area contributed by atoms with E-state index < -0.39 is 87.6 Å². The van der Waals surface area contributed by atoms with Crippen molar-refractivity contribution in [1.82, 2.24) is 4.90 Å². The van der Waals surface area contributed by atoms with E-state index in [4.69, 9.17) is 16.2 Å². The Balaban J connectivity index is 1.81. The highest BCUT2D eigenvalue weighted by molar-refractivity contribution is 14.1. The standard InChI is InChI=1S/C28H32IN3O9/c1-32(2)20-18-23(41-27(39)10-6-4-3-5-7-10)15-16(21(34)14-12(33)9-8-11(29)13(14)19(15)30)24(36)28(18,40)25(37)17(22(20)35)26(31)38/h8-10,15,18-20,23,33-34,37,40H,3-7,30H2,1-2H3,(H2,31,38)/t15-,18+,19-,20-,23-,28-/m0/s1. The first-order valence-corrected chi connectivity index (χ1v) is 14.4. The number of nitrogens with zero attached hydrogens (tertiary/aromatic N) is 1. The molecular formula is C28H32IN3O9. The van der Waals surface area contributed by atoms with E-state index in [1.54, 1.807) is 6.07 Å². The second-order valence-corrected chi connectivity index (χ2v) is 12.5. The first kappa shape index (κ1) is 29.5. The van der Waals surface area contributed by atoms with Gasteiger partial charge in [0.2, 0.25) is 5.78 Å². The summed E-state index contributed by atoms with van der Waals surface area (Å²) >= 11 is 1.96. The van der Waals surface area contributed by atoms with Crippen LogP contribution in [-0.4, -0.2) is 80.6 Å². The molecule has 2 saturated carbocycles. The lowest BCUT2D eigenvalue weighted by atomic mass is 9.55. The zero-order chi connectivity index (χ0) is 30.1. The minimum atomic E-state index is -3.00. The van der Waals surface area contributed by atoms with Crippen LogP contribution in [0.5, 0.6) is 5.75 Å². The van der Waals surface area contributed by atoms with Crippen molar-refractivity contribution in [2.45, 2.75) is 55.9 Å². The Kier molecular flexibility index (Phi) is 7.45. The van der Waals surface area contributed by atoms with Crippen LogP contribution in [0.4, 0.5) is 0 Å². The molecule has 0 aliphatic heterocycles. The molecule has 8 N–H and O–H groups in total. The zero-order valence-corrected chi connectivity index (χ0v) is 24.6. The molecule has 4 aliphatic rings. The number of carbonyl (C=O) groups excluding carboxylic acids is 4. The Labute approximate surface area is 249 Å². The number of aliphatic hydroxyl groups excluding tert-OH is 2. The predicted molar refractivity (Wildman–Crippen MR) is 152 cm³/mol. The lowest BCUT2D eigenvalue weighted by molar-refractivity contribution is -0.188. The van der Waals surface area contributed by atoms with Crippen LogP contribution in [0.15, 0.2) is 29.0 Å². The van der Waals surface area contributed by atoms with E-state index in [-0.39, 0.29) is 16.9 Å². The first-order chi connectivity index (χ1) is 19.2. The van der Waals surface area contributed by atoms with Gasteiger partial charge in [0.1, 0.15) is 28.9 Å². The average molecular weight is 681 g/mol. The topological polar surface area (TPSA) is 214 Å². The number of halogens is 1. The number of likely N-dealkylation sites (N-methyl/N-ethyl adjacent to an activating group) is 1. The Bertz CT molecular complexity index is 1430. The Morgan fingerprint density at radius 2 is 1.73 bits per heavy atom. The van der Waals surface area contributed by atoms with Crippen LogP contribution in [0.25, 0.3) is 5.76 Å². The van der Waals surface area contributed by atoms with E-state index in [9.17, 15) is 39.6 Å². The summed E-state index contributed by atoms with van der Waals surface area (Å²) in [5.74, 6) is -9.97. The number of phenolic OH excluding ortho intramolecular Hbond substituents is 1. The van der Waals surface area contributed by atoms with Gasteiger partial charge in [0.15, 0.2) is 11.4 Å². The van der Waals surface area contributed by atoms with Gasteiger partial charge in [-0.3, -0.25) is 24.1 Å². The molecule has 0 heterocycles. The highest BCUT2D eigenvalue weighted by Gasteiger charge is 2.70. The van der Waals surface area contributed by atoms with Gasteiger partial charge in [0.25, 0.3) is 5.91 Å². The molecule has 41 heavy (non-hydrogen) atoms. The van der Waals surface area contributed by atoms with Gasteiger partial charge in [-0.05, 0) is 67.2 Å². The number of aliphatic hydroxyl groups is 3. The molecule has 6 atom stereocenters. The third kappa shape index (κ3) is 4.19. The van der Waals surface area contributed by atoms with E-state index in [0.717, 1.165) is 19.3 Å². The molecule has 5 rings (SSSR count). The molecule has 0 bridgehead atoms. The summed E-state index contributed by atoms with van der Waals surface area (Å²) in [5, 5.41) is 45.4. The molecule has 0 saturated heterocycles. The lowest BCUT2D eigenvalue weighted by Crippen LogP contribution is -2.71. The van der Waals surface area contributed by atoms with Crippen molar-refractivity contribution in [2.75, 3.05) is 14.1 Å². The summed E-state index contributed by atoms with van der Waals surface area (Å²) < 4.78 is 6.63. The van der Waals surface area contributed by atoms with Crippen LogP contribution in [0.3, 0.4) is 0 Å². The maximum Gasteiger partial charge on any atom is 0.309 e. The molecular weight excluding hydrogens is 649 g/mol. The van der Waals surface area contributed by atoms with Crippen molar-refractivity contribution in [3.63, 3.8) is 0 Å². The fraction of sp³-hybridized carbons (Fsp3) is 0.500. The van der Waals surface area contributed by atoms with E-state index in [1.165, 1.54) is 25.1 Å². The number of benzene rings is 1. The van der Waals surface area contributed by atoms with Crippen LogP contribution < -0.4 is 11.5 Å². The van der Waals surface area contributed by atoms with Crippen LogP contribution in [-0.2, 0) is 23.9 Å². The van der Waals surface area contributed by atoms with Crippen molar-refractivity contribution in [2.24, 2.45) is 29.2 Å². The summed E-state index contributed by atoms with van der Waals surface area (Å²) in [5.41, 5.74) is 7.83. The van der Waals surface area contributed by atoms with Crippen LogP contribution in [0.2, 0.25) is 0 Å². The van der Waals surface area contributed by atoms with E-state index in [2.05, 4.69) is 0 Å². The van der Waals surface area contributed by atoms with Gasteiger partial charge in [0, 0.05) is 21.1 Å². The molecule has 1 aromatic carbocycles. The number of hydrogen-bond acceptors (Lipinski definition) is 11. The van der Waals surface area contributed by atoms with Gasteiger partial charge in [-0.1, -0.05) is 19.3 Å². The van der Waals surface area contributed by atoms with E-state index in [1.807, 2.05) is 22.6 Å². The van der Waals surface area contributed by atoms with E-state index in [0.29, 0.717) is 16.4 Å². The molecule has 0 aromatic heterocycles. The van der Waals surface area contributed by atoms with Gasteiger partial charge in [0.05, 0.1) is 23.4 Å². The summed E-state index contributed by atoms with van der Waals surface area (Å²) in [7, 11) is 2.93. The third-order valence-electron chi connectivity index (χ3n) is 8.94. The molecule has 1 aromatic rings. The zero-order valence-electron chi connectivity index (χ0n) is 22.5. The minimum Gasteiger partial charge on any atom is -0.508 e. The maximum absolute atomic E-state index is 14.2. The molecule has 13 heteroatoms. The van der Waals surface area contributed by atoms with Gasteiger partial charge in [-0.2, -0.15) is 0 Å². The quantitative estimate of drug-likeness (QED) is 0.151. The summed E-state index contributed by atoms with van der Waals surface area (Å²) in [6.07, 6.45) is 2.18. The monoisotopic (exact) mass is 681 g/mol. The normalized spacial score (nSPS) is 32.0. The smallest absolute Gasteiger partial charge is 0.309 e. The van der Waals surface area contributed by atoms with Crippen LogP contribution in [0.1, 0.15) is 49.3 Å². The number of hydrogen-bond donors (Lipinski definition) is 6. The predicted octanol–water partition coefficient (Wildman–Crippen LogP) is 1.13. The minimum absolute atomic E-state index is 0.141. The maximum atomic E-state index is 14.2. The highest BCUT2D eigenvalue weighted by Crippen LogP contribution is 2.56. The fourth-order valence-electron chi connectivity index (χ4n) is 7.06. The van der Waals surface area contributed by atoms with Crippen molar-refractivity contribution in [3.8, 4) is 5.75 Å². The van der Waals surface area contributed by atoms with Crippen LogP contribution in [0, 0.1) is 21.3 Å². The fourth-order valence-corrected chi connectivity index (χ4v) is 7.86. The number of rotatable bonds is 4. The number of Topliss-reactive ketones (excluding diaryl/α,β-unsaturated/α-hetero) is 2. The molecule has 220 valence electrons. The Morgan fingerprint density at radius 3 is 2.32 bits per heavy atom. The van der Waals surface area contributed by atoms with Crippen molar-refractivity contribution in [1.29, 1.82) is 0 Å². The second kappa shape index (κ2) is 10.4.